The van der Waals surface area contributed by atoms with Gasteiger partial charge in [-0.25, -0.2) is 0 Å². The Kier molecular flexibility index (Phi) is 7.47. The Bertz CT molecular complexity index is 810. The van der Waals surface area contributed by atoms with E-state index in [0.717, 1.165) is 25.9 Å². The molecule has 2 amide bonds. The second-order valence-electron chi connectivity index (χ2n) is 7.55. The van der Waals surface area contributed by atoms with Crippen LogP contribution in [0.2, 0.25) is 0 Å². The van der Waals surface area contributed by atoms with Crippen molar-refractivity contribution in [3.63, 3.8) is 0 Å². The number of aryl methyl sites for hydroxylation is 2. The molecule has 1 aromatic carbocycles. The van der Waals surface area contributed by atoms with E-state index in [0.29, 0.717) is 36.7 Å². The molecule has 1 saturated heterocycles. The van der Waals surface area contributed by atoms with Crippen LogP contribution < -0.4 is 5.32 Å². The molecule has 0 bridgehead atoms. The van der Waals surface area contributed by atoms with Crippen molar-refractivity contribution in [2.45, 2.75) is 45.6 Å². The SMILES string of the molecule is Cc1cc(C(=O)N(CCC(=O)NCCc2ccccc2)C[C@H]2CCCO2)c(C)o1. The van der Waals surface area contributed by atoms with E-state index in [1.807, 2.05) is 37.3 Å². The van der Waals surface area contributed by atoms with Gasteiger partial charge in [-0.15, -0.1) is 0 Å². The molecule has 0 spiro atoms. The zero-order valence-corrected chi connectivity index (χ0v) is 17.3. The number of carbonyl (C=O) groups is 2. The summed E-state index contributed by atoms with van der Waals surface area (Å²) in [7, 11) is 0. The van der Waals surface area contributed by atoms with Crippen LogP contribution in [0.3, 0.4) is 0 Å². The van der Waals surface area contributed by atoms with Gasteiger partial charge in [-0.05, 0) is 44.7 Å². The molecule has 1 atom stereocenters. The Hall–Kier alpha value is -2.60. The van der Waals surface area contributed by atoms with Crippen LogP contribution in [-0.4, -0.2) is 49.1 Å². The summed E-state index contributed by atoms with van der Waals surface area (Å²) in [6.45, 7) is 5.80. The normalized spacial score (nSPS) is 16.0. The van der Waals surface area contributed by atoms with Gasteiger partial charge in [0.05, 0.1) is 11.7 Å². The Morgan fingerprint density at radius 1 is 1.21 bits per heavy atom. The summed E-state index contributed by atoms with van der Waals surface area (Å²) >= 11 is 0. The van der Waals surface area contributed by atoms with E-state index in [1.54, 1.807) is 17.9 Å². The van der Waals surface area contributed by atoms with Gasteiger partial charge in [-0.3, -0.25) is 9.59 Å². The lowest BCUT2D eigenvalue weighted by Crippen LogP contribution is -2.40. The summed E-state index contributed by atoms with van der Waals surface area (Å²) in [5.41, 5.74) is 1.75. The third-order valence-electron chi connectivity index (χ3n) is 5.19. The monoisotopic (exact) mass is 398 g/mol. The molecule has 156 valence electrons. The maximum atomic E-state index is 13.1. The molecule has 1 aliphatic rings. The average Bonchev–Trinajstić information content (AvgIpc) is 3.34. The Labute approximate surface area is 172 Å². The van der Waals surface area contributed by atoms with Gasteiger partial charge < -0.3 is 19.4 Å². The molecule has 2 aromatic rings. The summed E-state index contributed by atoms with van der Waals surface area (Å²) < 4.78 is 11.2. The van der Waals surface area contributed by atoms with Crippen molar-refractivity contribution < 1.29 is 18.7 Å². The number of rotatable bonds is 9. The van der Waals surface area contributed by atoms with E-state index in [1.165, 1.54) is 5.56 Å². The third kappa shape index (κ3) is 6.19. The highest BCUT2D eigenvalue weighted by Crippen LogP contribution is 2.19. The molecule has 1 N–H and O–H groups in total. The number of amides is 2. The molecule has 29 heavy (non-hydrogen) atoms. The summed E-state index contributed by atoms with van der Waals surface area (Å²) in [5, 5.41) is 2.95. The van der Waals surface area contributed by atoms with E-state index in [9.17, 15) is 9.59 Å². The largest absolute Gasteiger partial charge is 0.466 e. The first-order valence-corrected chi connectivity index (χ1v) is 10.3. The molecule has 0 radical (unpaired) electrons. The molecular formula is C23H30N2O4. The van der Waals surface area contributed by atoms with E-state index in [2.05, 4.69) is 5.32 Å². The van der Waals surface area contributed by atoms with Gasteiger partial charge in [0.15, 0.2) is 0 Å². The number of nitrogens with one attached hydrogen (secondary N) is 1. The molecular weight excluding hydrogens is 368 g/mol. The van der Waals surface area contributed by atoms with Gasteiger partial charge in [0, 0.05) is 32.7 Å². The van der Waals surface area contributed by atoms with Crippen molar-refractivity contribution in [3.8, 4) is 0 Å². The standard InChI is InChI=1S/C23H30N2O4/c1-17-15-21(18(2)29-17)23(27)25(16-20-9-6-14-28-20)13-11-22(26)24-12-10-19-7-4-3-5-8-19/h3-5,7-8,15,20H,6,9-14,16H2,1-2H3,(H,24,26)/t20-/m1/s1. The highest BCUT2D eigenvalue weighted by molar-refractivity contribution is 5.95. The smallest absolute Gasteiger partial charge is 0.257 e. The van der Waals surface area contributed by atoms with Crippen LogP contribution in [0.15, 0.2) is 40.8 Å². The van der Waals surface area contributed by atoms with Crippen LogP contribution in [0, 0.1) is 13.8 Å². The Morgan fingerprint density at radius 3 is 2.66 bits per heavy atom. The van der Waals surface area contributed by atoms with E-state index in [-0.39, 0.29) is 24.3 Å². The quantitative estimate of drug-likeness (QED) is 0.704. The molecule has 6 nitrogen and oxygen atoms in total. The maximum Gasteiger partial charge on any atom is 0.257 e. The van der Waals surface area contributed by atoms with Crippen LogP contribution in [-0.2, 0) is 16.0 Å². The minimum Gasteiger partial charge on any atom is -0.466 e. The molecule has 1 aliphatic heterocycles. The lowest BCUT2D eigenvalue weighted by atomic mass is 10.1. The molecule has 0 aliphatic carbocycles. The molecule has 1 fully saturated rings. The summed E-state index contributed by atoms with van der Waals surface area (Å²) in [6.07, 6.45) is 3.04. The van der Waals surface area contributed by atoms with Crippen molar-refractivity contribution in [1.29, 1.82) is 0 Å². The first kappa shape index (κ1) is 21.1. The van der Waals surface area contributed by atoms with Crippen molar-refractivity contribution in [1.82, 2.24) is 10.2 Å². The molecule has 6 heteroatoms. The van der Waals surface area contributed by atoms with Crippen molar-refractivity contribution in [2.75, 3.05) is 26.2 Å². The molecule has 3 rings (SSSR count). The number of hydrogen-bond donors (Lipinski definition) is 1. The number of hydrogen-bond acceptors (Lipinski definition) is 4. The first-order chi connectivity index (χ1) is 14.0. The minimum atomic E-state index is -0.105. The lowest BCUT2D eigenvalue weighted by molar-refractivity contribution is -0.121. The van der Waals surface area contributed by atoms with Crippen LogP contribution in [0.25, 0.3) is 0 Å². The van der Waals surface area contributed by atoms with Gasteiger partial charge in [0.2, 0.25) is 5.91 Å². The zero-order valence-electron chi connectivity index (χ0n) is 17.3. The highest BCUT2D eigenvalue weighted by Gasteiger charge is 2.26. The van der Waals surface area contributed by atoms with Gasteiger partial charge in [0.25, 0.3) is 5.91 Å². The van der Waals surface area contributed by atoms with Crippen LogP contribution in [0.1, 0.15) is 46.7 Å². The van der Waals surface area contributed by atoms with Crippen LogP contribution in [0.5, 0.6) is 0 Å². The number of benzene rings is 1. The van der Waals surface area contributed by atoms with Gasteiger partial charge >= 0.3 is 0 Å². The highest BCUT2D eigenvalue weighted by atomic mass is 16.5. The number of ether oxygens (including phenoxy) is 1. The van der Waals surface area contributed by atoms with Crippen molar-refractivity contribution in [2.24, 2.45) is 0 Å². The average molecular weight is 399 g/mol. The van der Waals surface area contributed by atoms with Crippen molar-refractivity contribution >= 4 is 11.8 Å². The summed E-state index contributed by atoms with van der Waals surface area (Å²) in [6, 6.07) is 11.8. The van der Waals surface area contributed by atoms with Gasteiger partial charge in [0.1, 0.15) is 11.5 Å². The lowest BCUT2D eigenvalue weighted by Gasteiger charge is -2.25. The fourth-order valence-electron chi connectivity index (χ4n) is 3.64. The van der Waals surface area contributed by atoms with E-state index < -0.39 is 0 Å². The van der Waals surface area contributed by atoms with Crippen LogP contribution in [0.4, 0.5) is 0 Å². The Morgan fingerprint density at radius 2 is 2.00 bits per heavy atom. The van der Waals surface area contributed by atoms with Crippen molar-refractivity contribution in [3.05, 3.63) is 59.0 Å². The zero-order chi connectivity index (χ0) is 20.6. The van der Waals surface area contributed by atoms with E-state index >= 15 is 0 Å². The maximum absolute atomic E-state index is 13.1. The third-order valence-corrected chi connectivity index (χ3v) is 5.19. The molecule has 0 saturated carbocycles. The van der Waals surface area contributed by atoms with Gasteiger partial charge in [-0.1, -0.05) is 30.3 Å². The predicted molar refractivity (Wildman–Crippen MR) is 111 cm³/mol. The predicted octanol–water partition coefficient (Wildman–Crippen LogP) is 3.27. The molecule has 0 unspecified atom stereocenters. The van der Waals surface area contributed by atoms with E-state index in [4.69, 9.17) is 9.15 Å². The topological polar surface area (TPSA) is 71.8 Å². The van der Waals surface area contributed by atoms with Gasteiger partial charge in [-0.2, -0.15) is 0 Å². The molecule has 2 heterocycles. The fraction of sp³-hybridized carbons (Fsp3) is 0.478. The first-order valence-electron chi connectivity index (χ1n) is 10.3. The van der Waals surface area contributed by atoms with Crippen LogP contribution >= 0.6 is 0 Å². The molecule has 1 aromatic heterocycles. The number of carbonyl (C=O) groups excluding carboxylic acids is 2. The number of furan rings is 1. The number of nitrogens with zero attached hydrogens (tertiary/aromatic N) is 1. The fourth-order valence-corrected chi connectivity index (χ4v) is 3.64. The summed E-state index contributed by atoms with van der Waals surface area (Å²) in [4.78, 5) is 27.1. The second kappa shape index (κ2) is 10.3. The Balaban J connectivity index is 1.53. The minimum absolute atomic E-state index is 0.0356. The second-order valence-corrected chi connectivity index (χ2v) is 7.55. The summed E-state index contributed by atoms with van der Waals surface area (Å²) in [5.74, 6) is 1.16.